The van der Waals surface area contributed by atoms with Crippen molar-refractivity contribution in [2.24, 2.45) is 5.92 Å². The minimum Gasteiger partial charge on any atom is -0.337 e. The molecule has 2 N–H and O–H groups in total. The second kappa shape index (κ2) is 6.36. The summed E-state index contributed by atoms with van der Waals surface area (Å²) in [6, 6.07) is 2.94. The third kappa shape index (κ3) is 4.19. The van der Waals surface area contributed by atoms with Gasteiger partial charge in [-0.2, -0.15) is 5.26 Å². The van der Waals surface area contributed by atoms with Crippen molar-refractivity contribution in [3.63, 3.8) is 0 Å². The van der Waals surface area contributed by atoms with Crippen molar-refractivity contribution in [1.29, 1.82) is 5.26 Å². The lowest BCUT2D eigenvalue weighted by molar-refractivity contribution is -0.124. The number of nitriles is 1. The van der Waals surface area contributed by atoms with Crippen molar-refractivity contribution in [3.05, 3.63) is 0 Å². The van der Waals surface area contributed by atoms with Crippen LogP contribution in [0, 0.1) is 17.2 Å². The molecule has 19 heavy (non-hydrogen) atoms. The van der Waals surface area contributed by atoms with E-state index in [0.717, 1.165) is 13.1 Å². The number of nitrogens with zero attached hydrogens (tertiary/aromatic N) is 2. The van der Waals surface area contributed by atoms with Crippen molar-refractivity contribution in [3.8, 4) is 6.07 Å². The SMILES string of the molecule is CC1CN(CC(=O)NC(C)(C#N)C(C)C)C(C)CN1. The minimum atomic E-state index is -0.792. The van der Waals surface area contributed by atoms with Crippen molar-refractivity contribution in [1.82, 2.24) is 15.5 Å². The summed E-state index contributed by atoms with van der Waals surface area (Å²) in [5.41, 5.74) is -0.792. The molecule has 1 aliphatic heterocycles. The lowest BCUT2D eigenvalue weighted by Gasteiger charge is -2.37. The van der Waals surface area contributed by atoms with Gasteiger partial charge in [0.1, 0.15) is 5.54 Å². The summed E-state index contributed by atoms with van der Waals surface area (Å²) in [5, 5.41) is 15.5. The average Bonchev–Trinajstić information content (AvgIpc) is 2.33. The molecule has 0 aliphatic carbocycles. The Labute approximate surface area is 116 Å². The first-order chi connectivity index (χ1) is 8.78. The maximum atomic E-state index is 12.1. The summed E-state index contributed by atoms with van der Waals surface area (Å²) in [6.07, 6.45) is 0. The highest BCUT2D eigenvalue weighted by atomic mass is 16.2. The van der Waals surface area contributed by atoms with Crippen LogP contribution in [0.3, 0.4) is 0 Å². The van der Waals surface area contributed by atoms with E-state index in [4.69, 9.17) is 0 Å². The molecule has 1 aliphatic rings. The Morgan fingerprint density at radius 1 is 1.58 bits per heavy atom. The van der Waals surface area contributed by atoms with Crippen molar-refractivity contribution in [2.75, 3.05) is 19.6 Å². The predicted molar refractivity (Wildman–Crippen MR) is 75.5 cm³/mol. The van der Waals surface area contributed by atoms with E-state index in [0.29, 0.717) is 18.6 Å². The number of carbonyl (C=O) groups is 1. The molecular weight excluding hydrogens is 240 g/mol. The maximum absolute atomic E-state index is 12.1. The number of hydrogen-bond acceptors (Lipinski definition) is 4. The summed E-state index contributed by atoms with van der Waals surface area (Å²) in [6.45, 7) is 12.0. The fraction of sp³-hybridized carbons (Fsp3) is 0.857. The average molecular weight is 266 g/mol. The topological polar surface area (TPSA) is 68.2 Å². The van der Waals surface area contributed by atoms with Gasteiger partial charge in [0.2, 0.25) is 5.91 Å². The Morgan fingerprint density at radius 3 is 2.74 bits per heavy atom. The molecule has 1 heterocycles. The van der Waals surface area contributed by atoms with Crippen molar-refractivity contribution in [2.45, 2.75) is 52.2 Å². The van der Waals surface area contributed by atoms with Gasteiger partial charge in [0.25, 0.3) is 0 Å². The van der Waals surface area contributed by atoms with Gasteiger partial charge in [0, 0.05) is 25.2 Å². The number of piperazine rings is 1. The minimum absolute atomic E-state index is 0.0706. The second-order valence-corrected chi connectivity index (χ2v) is 6.10. The van der Waals surface area contributed by atoms with Gasteiger partial charge in [-0.1, -0.05) is 13.8 Å². The van der Waals surface area contributed by atoms with Gasteiger partial charge in [-0.15, -0.1) is 0 Å². The smallest absolute Gasteiger partial charge is 0.235 e. The van der Waals surface area contributed by atoms with Crippen LogP contribution in [0.25, 0.3) is 0 Å². The van der Waals surface area contributed by atoms with E-state index in [1.54, 1.807) is 6.92 Å². The van der Waals surface area contributed by atoms with Crippen LogP contribution in [0.4, 0.5) is 0 Å². The van der Waals surface area contributed by atoms with Gasteiger partial charge in [-0.05, 0) is 26.7 Å². The molecule has 1 rings (SSSR count). The molecule has 5 heteroatoms. The Kier molecular flexibility index (Phi) is 5.33. The summed E-state index contributed by atoms with van der Waals surface area (Å²) in [5.74, 6) is 0.0134. The van der Waals surface area contributed by atoms with Gasteiger partial charge >= 0.3 is 0 Å². The van der Waals surface area contributed by atoms with E-state index in [1.165, 1.54) is 0 Å². The molecule has 0 spiro atoms. The van der Waals surface area contributed by atoms with E-state index < -0.39 is 5.54 Å². The second-order valence-electron chi connectivity index (χ2n) is 6.10. The molecule has 0 aromatic carbocycles. The molecule has 1 amide bonds. The van der Waals surface area contributed by atoms with Crippen LogP contribution in [-0.2, 0) is 4.79 Å². The van der Waals surface area contributed by atoms with Gasteiger partial charge in [-0.25, -0.2) is 0 Å². The molecule has 0 radical (unpaired) electrons. The van der Waals surface area contributed by atoms with Crippen LogP contribution < -0.4 is 10.6 Å². The van der Waals surface area contributed by atoms with Gasteiger partial charge in [0.05, 0.1) is 12.6 Å². The van der Waals surface area contributed by atoms with Crippen LogP contribution in [0.15, 0.2) is 0 Å². The molecule has 3 unspecified atom stereocenters. The standard InChI is InChI=1S/C14H26N4O/c1-10(2)14(5,9-15)17-13(19)8-18-7-11(3)16-6-12(18)4/h10-12,16H,6-8H2,1-5H3,(H,17,19). The number of rotatable bonds is 4. The van der Waals surface area contributed by atoms with Crippen molar-refractivity contribution >= 4 is 5.91 Å². The molecule has 5 nitrogen and oxygen atoms in total. The third-order valence-corrected chi connectivity index (χ3v) is 4.03. The van der Waals surface area contributed by atoms with Crippen LogP contribution in [0.5, 0.6) is 0 Å². The first-order valence-electron chi connectivity index (χ1n) is 6.98. The largest absolute Gasteiger partial charge is 0.337 e. The molecule has 1 fully saturated rings. The molecule has 0 aromatic heterocycles. The molecular formula is C14H26N4O. The highest BCUT2D eigenvalue weighted by molar-refractivity contribution is 5.79. The maximum Gasteiger partial charge on any atom is 0.235 e. The van der Waals surface area contributed by atoms with Gasteiger partial charge in [0.15, 0.2) is 0 Å². The summed E-state index contributed by atoms with van der Waals surface area (Å²) in [7, 11) is 0. The van der Waals surface area contributed by atoms with Crippen LogP contribution in [0.2, 0.25) is 0 Å². The lowest BCUT2D eigenvalue weighted by atomic mass is 9.90. The van der Waals surface area contributed by atoms with Gasteiger partial charge in [-0.3, -0.25) is 9.69 Å². The number of amides is 1. The summed E-state index contributed by atoms with van der Waals surface area (Å²) < 4.78 is 0. The quantitative estimate of drug-likeness (QED) is 0.787. The summed E-state index contributed by atoms with van der Waals surface area (Å²) in [4.78, 5) is 14.3. The van der Waals surface area contributed by atoms with Crippen LogP contribution in [-0.4, -0.2) is 48.1 Å². The van der Waals surface area contributed by atoms with E-state index in [2.05, 4.69) is 35.5 Å². The monoisotopic (exact) mass is 266 g/mol. The van der Waals surface area contributed by atoms with Crippen LogP contribution in [0.1, 0.15) is 34.6 Å². The van der Waals surface area contributed by atoms with Crippen molar-refractivity contribution < 1.29 is 4.79 Å². The molecule has 0 bridgehead atoms. The molecule has 1 saturated heterocycles. The Hall–Kier alpha value is -1.12. The third-order valence-electron chi connectivity index (χ3n) is 4.03. The number of carbonyl (C=O) groups excluding carboxylic acids is 1. The fourth-order valence-corrected chi connectivity index (χ4v) is 2.13. The molecule has 108 valence electrons. The Balaban J connectivity index is 2.58. The predicted octanol–water partition coefficient (Wildman–Crippen LogP) is 0.723. The normalized spacial score (nSPS) is 27.6. The zero-order valence-electron chi connectivity index (χ0n) is 12.7. The Morgan fingerprint density at radius 2 is 2.21 bits per heavy atom. The molecule has 3 atom stereocenters. The zero-order valence-corrected chi connectivity index (χ0v) is 12.7. The first-order valence-corrected chi connectivity index (χ1v) is 6.98. The summed E-state index contributed by atoms with van der Waals surface area (Å²) >= 11 is 0. The van der Waals surface area contributed by atoms with E-state index >= 15 is 0 Å². The molecule has 0 aromatic rings. The van der Waals surface area contributed by atoms with Gasteiger partial charge < -0.3 is 10.6 Å². The first kappa shape index (κ1) is 15.9. The lowest BCUT2D eigenvalue weighted by Crippen LogP contribution is -2.58. The van der Waals surface area contributed by atoms with Crippen LogP contribution >= 0.6 is 0 Å². The fourth-order valence-electron chi connectivity index (χ4n) is 2.13. The zero-order chi connectivity index (χ0) is 14.6. The highest BCUT2D eigenvalue weighted by Gasteiger charge is 2.31. The Bertz CT molecular complexity index is 363. The molecule has 0 saturated carbocycles. The number of nitrogens with one attached hydrogen (secondary N) is 2. The van der Waals surface area contributed by atoms with E-state index in [-0.39, 0.29) is 11.8 Å². The van der Waals surface area contributed by atoms with E-state index in [1.807, 2.05) is 13.8 Å². The highest BCUT2D eigenvalue weighted by Crippen LogP contribution is 2.15. The number of hydrogen-bond donors (Lipinski definition) is 2. The van der Waals surface area contributed by atoms with E-state index in [9.17, 15) is 10.1 Å².